The molecule has 0 aromatic heterocycles. The van der Waals surface area contributed by atoms with Gasteiger partial charge in [-0.2, -0.15) is 8.42 Å². The molecule has 2 heterocycles. The minimum atomic E-state index is -3.98. The third-order valence-electron chi connectivity index (χ3n) is 5.11. The first-order valence-corrected chi connectivity index (χ1v) is 12.2. The van der Waals surface area contributed by atoms with Gasteiger partial charge in [-0.25, -0.2) is 0 Å². The fourth-order valence-electron chi connectivity index (χ4n) is 3.68. The highest BCUT2D eigenvalue weighted by atomic mass is 32.2. The van der Waals surface area contributed by atoms with Gasteiger partial charge in [0.05, 0.1) is 11.0 Å². The molecule has 6 nitrogen and oxygen atoms in total. The van der Waals surface area contributed by atoms with Crippen molar-refractivity contribution in [3.63, 3.8) is 0 Å². The van der Waals surface area contributed by atoms with Crippen LogP contribution in [0.25, 0.3) is 0 Å². The average molecular weight is 451 g/mol. The number of aryl methyl sites for hydroxylation is 1. The Morgan fingerprint density at radius 3 is 2.27 bits per heavy atom. The Hall–Kier alpha value is -1.42. The molecule has 2 aliphatic heterocycles. The van der Waals surface area contributed by atoms with Gasteiger partial charge in [-0.3, -0.25) is 4.18 Å². The molecule has 2 aromatic carbocycles. The Morgan fingerprint density at radius 1 is 0.967 bits per heavy atom. The van der Waals surface area contributed by atoms with Crippen LogP contribution in [0, 0.1) is 6.92 Å². The lowest BCUT2D eigenvalue weighted by Crippen LogP contribution is -2.55. The molecule has 5 atom stereocenters. The summed E-state index contributed by atoms with van der Waals surface area (Å²) in [7, 11) is -3.98. The first kappa shape index (κ1) is 21.8. The van der Waals surface area contributed by atoms with Gasteiger partial charge in [0, 0.05) is 4.90 Å². The fourth-order valence-corrected chi connectivity index (χ4v) is 5.98. The largest absolute Gasteiger partial charge is 0.359 e. The maximum absolute atomic E-state index is 12.9. The summed E-state index contributed by atoms with van der Waals surface area (Å²) in [6.07, 6.45) is -2.38. The maximum Gasteiger partial charge on any atom is 0.297 e. The van der Waals surface area contributed by atoms with Crippen LogP contribution in [0.2, 0.25) is 0 Å². The monoisotopic (exact) mass is 450 g/mol. The van der Waals surface area contributed by atoms with Crippen molar-refractivity contribution in [2.24, 2.45) is 0 Å². The van der Waals surface area contributed by atoms with Crippen LogP contribution < -0.4 is 0 Å². The van der Waals surface area contributed by atoms with Gasteiger partial charge >= 0.3 is 0 Å². The maximum atomic E-state index is 12.9. The highest BCUT2D eigenvalue weighted by Crippen LogP contribution is 2.44. The van der Waals surface area contributed by atoms with Gasteiger partial charge in [0.25, 0.3) is 10.1 Å². The second-order valence-corrected chi connectivity index (χ2v) is 10.8. The third kappa shape index (κ3) is 4.59. The van der Waals surface area contributed by atoms with Crippen molar-refractivity contribution < 1.29 is 26.8 Å². The highest BCUT2D eigenvalue weighted by Gasteiger charge is 2.56. The zero-order valence-electron chi connectivity index (χ0n) is 17.3. The molecule has 162 valence electrons. The van der Waals surface area contributed by atoms with E-state index in [0.29, 0.717) is 0 Å². The van der Waals surface area contributed by atoms with E-state index in [2.05, 4.69) is 0 Å². The topological polar surface area (TPSA) is 71.1 Å². The summed E-state index contributed by atoms with van der Waals surface area (Å²) in [5.41, 5.74) is 0.620. The van der Waals surface area contributed by atoms with E-state index in [0.717, 1.165) is 10.5 Å². The number of ether oxygens (including phenoxy) is 3. The van der Waals surface area contributed by atoms with Crippen molar-refractivity contribution in [2.45, 2.75) is 73.1 Å². The van der Waals surface area contributed by atoms with E-state index in [1.54, 1.807) is 31.2 Å². The first-order valence-electron chi connectivity index (χ1n) is 9.87. The van der Waals surface area contributed by atoms with Crippen LogP contribution >= 0.6 is 11.8 Å². The molecule has 2 aliphatic rings. The van der Waals surface area contributed by atoms with Gasteiger partial charge in [0.2, 0.25) is 0 Å². The summed E-state index contributed by atoms with van der Waals surface area (Å²) in [4.78, 5) is 1.14. The van der Waals surface area contributed by atoms with E-state index in [4.69, 9.17) is 18.4 Å². The SMILES string of the molecule is Cc1ccc(S(=O)(=O)O[C@H]2[C@@H]3OC(C)(C)O[C@@H]3[C@@H](Sc3ccccc3)O[C@@H]2C)cc1. The van der Waals surface area contributed by atoms with Gasteiger partial charge < -0.3 is 14.2 Å². The molecule has 0 saturated carbocycles. The predicted molar refractivity (Wildman–Crippen MR) is 114 cm³/mol. The molecule has 0 unspecified atom stereocenters. The Labute approximate surface area is 182 Å². The van der Waals surface area contributed by atoms with Crippen molar-refractivity contribution in [2.75, 3.05) is 0 Å². The molecule has 30 heavy (non-hydrogen) atoms. The molecule has 4 rings (SSSR count). The fraction of sp³-hybridized carbons (Fsp3) is 0.455. The Balaban J connectivity index is 1.58. The Bertz CT molecular complexity index is 974. The van der Waals surface area contributed by atoms with E-state index >= 15 is 0 Å². The zero-order chi connectivity index (χ0) is 21.5. The standard InChI is InChI=1S/C22H26O6S2/c1-14-10-12-17(13-11-14)30(23,24)28-18-15(2)25-21(29-16-8-6-5-7-9-16)20-19(18)26-22(3,4)27-20/h5-13,15,18-21H,1-4H3/t15-,18-,19+,20+,21-/m1/s1. The van der Waals surface area contributed by atoms with Crippen molar-refractivity contribution in [1.29, 1.82) is 0 Å². The number of hydrogen-bond acceptors (Lipinski definition) is 7. The molecule has 0 N–H and O–H groups in total. The van der Waals surface area contributed by atoms with E-state index < -0.39 is 40.3 Å². The van der Waals surface area contributed by atoms with E-state index in [-0.39, 0.29) is 10.3 Å². The van der Waals surface area contributed by atoms with Gasteiger partial charge in [-0.1, -0.05) is 47.7 Å². The van der Waals surface area contributed by atoms with Crippen LogP contribution in [0.4, 0.5) is 0 Å². The molecule has 8 heteroatoms. The number of hydrogen-bond donors (Lipinski definition) is 0. The van der Waals surface area contributed by atoms with Crippen molar-refractivity contribution >= 4 is 21.9 Å². The summed E-state index contributed by atoms with van der Waals surface area (Å²) in [5.74, 6) is -0.868. The highest BCUT2D eigenvalue weighted by molar-refractivity contribution is 7.99. The van der Waals surface area contributed by atoms with Crippen LogP contribution in [0.5, 0.6) is 0 Å². The minimum absolute atomic E-state index is 0.107. The van der Waals surface area contributed by atoms with Crippen LogP contribution in [-0.2, 0) is 28.5 Å². The third-order valence-corrected chi connectivity index (χ3v) is 7.59. The minimum Gasteiger partial charge on any atom is -0.359 e. The zero-order valence-corrected chi connectivity index (χ0v) is 19.0. The normalized spacial score (nSPS) is 30.7. The summed E-state index contributed by atoms with van der Waals surface area (Å²) in [5, 5.41) is 0. The molecule has 2 aromatic rings. The van der Waals surface area contributed by atoms with Gasteiger partial charge in [-0.15, -0.1) is 0 Å². The van der Waals surface area contributed by atoms with Gasteiger partial charge in [0.15, 0.2) is 5.79 Å². The summed E-state index contributed by atoms with van der Waals surface area (Å²) in [6.45, 7) is 7.32. The molecular weight excluding hydrogens is 424 g/mol. The van der Waals surface area contributed by atoms with E-state index in [9.17, 15) is 8.42 Å². The van der Waals surface area contributed by atoms with Crippen molar-refractivity contribution in [3.05, 3.63) is 60.2 Å². The summed E-state index contributed by atoms with van der Waals surface area (Å²) < 4.78 is 49.8. The molecular formula is C22H26O6S2. The lowest BCUT2D eigenvalue weighted by molar-refractivity contribution is -0.153. The Morgan fingerprint density at radius 2 is 1.60 bits per heavy atom. The van der Waals surface area contributed by atoms with Gasteiger partial charge in [-0.05, 0) is 52.0 Å². The quantitative estimate of drug-likeness (QED) is 0.635. The molecule has 2 saturated heterocycles. The van der Waals surface area contributed by atoms with E-state index in [1.165, 1.54) is 11.8 Å². The molecule has 0 spiro atoms. The van der Waals surface area contributed by atoms with E-state index in [1.807, 2.05) is 51.1 Å². The second-order valence-electron chi connectivity index (χ2n) is 8.03. The van der Waals surface area contributed by atoms with Crippen LogP contribution in [0.15, 0.2) is 64.4 Å². The molecule has 2 fully saturated rings. The average Bonchev–Trinajstić information content (AvgIpc) is 3.02. The van der Waals surface area contributed by atoms with Crippen LogP contribution in [0.1, 0.15) is 26.3 Å². The molecule has 0 amide bonds. The van der Waals surface area contributed by atoms with Crippen LogP contribution in [-0.4, -0.2) is 44.1 Å². The smallest absolute Gasteiger partial charge is 0.297 e. The lowest BCUT2D eigenvalue weighted by atomic mass is 10.0. The molecule has 0 radical (unpaired) electrons. The number of thioether (sulfide) groups is 1. The number of fused-ring (bicyclic) bond motifs is 1. The molecule has 0 bridgehead atoms. The lowest BCUT2D eigenvalue weighted by Gasteiger charge is -2.40. The summed E-state index contributed by atoms with van der Waals surface area (Å²) >= 11 is 1.53. The number of benzene rings is 2. The van der Waals surface area contributed by atoms with Crippen molar-refractivity contribution in [3.8, 4) is 0 Å². The molecule has 0 aliphatic carbocycles. The summed E-state index contributed by atoms with van der Waals surface area (Å²) in [6, 6.07) is 16.4. The predicted octanol–water partition coefficient (Wildman–Crippen LogP) is 4.13. The Kier molecular flexibility index (Phi) is 6.00. The number of rotatable bonds is 5. The second kappa shape index (κ2) is 8.26. The van der Waals surface area contributed by atoms with Crippen molar-refractivity contribution in [1.82, 2.24) is 0 Å². The first-order chi connectivity index (χ1) is 14.1. The van der Waals surface area contributed by atoms with Crippen LogP contribution in [0.3, 0.4) is 0 Å². The van der Waals surface area contributed by atoms with Gasteiger partial charge in [0.1, 0.15) is 23.7 Å².